The monoisotopic (exact) mass is 488 g/mol. The number of ether oxygens (including phenoxy) is 1. The Morgan fingerprint density at radius 3 is 2.17 bits per heavy atom. The maximum atomic E-state index is 13.3. The summed E-state index contributed by atoms with van der Waals surface area (Å²) in [5.74, 6) is -1.73. The van der Waals surface area contributed by atoms with Crippen LogP contribution < -0.4 is 21.3 Å². The minimum Gasteiger partial charge on any atom is -0.467 e. The van der Waals surface area contributed by atoms with Gasteiger partial charge in [-0.05, 0) is 43.2 Å². The molecule has 194 valence electrons. The number of rotatable bonds is 12. The van der Waals surface area contributed by atoms with E-state index in [1.54, 1.807) is 13.8 Å². The van der Waals surface area contributed by atoms with Gasteiger partial charge in [-0.15, -0.1) is 0 Å². The van der Waals surface area contributed by atoms with Gasteiger partial charge in [0, 0.05) is 6.42 Å². The summed E-state index contributed by atoms with van der Waals surface area (Å²) in [5.41, 5.74) is 0.853. The van der Waals surface area contributed by atoms with E-state index in [4.69, 9.17) is 4.74 Å². The SMILES string of the molecule is COC(=O)[C@@H](NC(=O)[C@H](Cc1ccccc1)NC(=O)[C@H](CC(C)C)NC(=O)[C@@H]1CCCN1)C(C)C. The second-order valence-electron chi connectivity index (χ2n) is 9.84. The van der Waals surface area contributed by atoms with Crippen LogP contribution in [0, 0.1) is 11.8 Å². The van der Waals surface area contributed by atoms with Crippen molar-refractivity contribution < 1.29 is 23.9 Å². The zero-order valence-corrected chi connectivity index (χ0v) is 21.4. The molecule has 35 heavy (non-hydrogen) atoms. The average Bonchev–Trinajstić information content (AvgIpc) is 3.36. The molecule has 0 spiro atoms. The highest BCUT2D eigenvalue weighted by molar-refractivity contribution is 5.94. The minimum absolute atomic E-state index is 0.147. The van der Waals surface area contributed by atoms with Gasteiger partial charge >= 0.3 is 5.97 Å². The van der Waals surface area contributed by atoms with Gasteiger partial charge in [0.2, 0.25) is 17.7 Å². The van der Waals surface area contributed by atoms with Crippen LogP contribution >= 0.6 is 0 Å². The molecule has 1 heterocycles. The number of nitrogens with one attached hydrogen (secondary N) is 4. The molecule has 0 bridgehead atoms. The molecular weight excluding hydrogens is 448 g/mol. The molecule has 0 radical (unpaired) electrons. The van der Waals surface area contributed by atoms with E-state index in [1.807, 2.05) is 44.2 Å². The lowest BCUT2D eigenvalue weighted by Crippen LogP contribution is -2.58. The molecule has 0 aromatic heterocycles. The van der Waals surface area contributed by atoms with Crippen molar-refractivity contribution in [3.05, 3.63) is 35.9 Å². The minimum atomic E-state index is -0.938. The molecule has 2 rings (SSSR count). The molecule has 0 saturated carbocycles. The Morgan fingerprint density at radius 1 is 0.971 bits per heavy atom. The zero-order valence-electron chi connectivity index (χ0n) is 21.4. The highest BCUT2D eigenvalue weighted by Gasteiger charge is 2.33. The molecular formula is C26H40N4O5. The van der Waals surface area contributed by atoms with Crippen LogP contribution in [0.5, 0.6) is 0 Å². The standard InChI is InChI=1S/C26H40N4O5/c1-16(2)14-20(28-23(31)19-12-9-13-27-19)24(32)29-21(15-18-10-7-6-8-11-18)25(33)30-22(17(3)4)26(34)35-5/h6-8,10-11,16-17,19-22,27H,9,12-15H2,1-5H3,(H,28,31)(H,29,32)(H,30,33)/t19-,20-,21-,22-/m0/s1. The largest absolute Gasteiger partial charge is 0.467 e. The molecule has 0 aliphatic carbocycles. The zero-order chi connectivity index (χ0) is 26.0. The van der Waals surface area contributed by atoms with Gasteiger partial charge in [0.25, 0.3) is 0 Å². The molecule has 4 N–H and O–H groups in total. The smallest absolute Gasteiger partial charge is 0.328 e. The summed E-state index contributed by atoms with van der Waals surface area (Å²) in [4.78, 5) is 51.5. The molecule has 3 amide bonds. The van der Waals surface area contributed by atoms with E-state index in [9.17, 15) is 19.2 Å². The summed E-state index contributed by atoms with van der Waals surface area (Å²) < 4.78 is 4.83. The first-order valence-electron chi connectivity index (χ1n) is 12.4. The summed E-state index contributed by atoms with van der Waals surface area (Å²) in [6.45, 7) is 8.32. The van der Waals surface area contributed by atoms with Crippen molar-refractivity contribution in [3.8, 4) is 0 Å². The van der Waals surface area contributed by atoms with Gasteiger partial charge in [0.05, 0.1) is 13.2 Å². The second kappa shape index (κ2) is 13.8. The summed E-state index contributed by atoms with van der Waals surface area (Å²) in [7, 11) is 1.27. The van der Waals surface area contributed by atoms with Crippen LogP contribution in [0.4, 0.5) is 0 Å². The van der Waals surface area contributed by atoms with Gasteiger partial charge in [-0.1, -0.05) is 58.0 Å². The maximum absolute atomic E-state index is 13.3. The normalized spacial score (nSPS) is 18.0. The topological polar surface area (TPSA) is 126 Å². The van der Waals surface area contributed by atoms with Crippen LogP contribution in [-0.4, -0.2) is 61.5 Å². The number of carbonyl (C=O) groups excluding carboxylic acids is 4. The molecule has 1 saturated heterocycles. The van der Waals surface area contributed by atoms with Crippen LogP contribution in [-0.2, 0) is 30.3 Å². The van der Waals surface area contributed by atoms with Gasteiger partial charge in [-0.2, -0.15) is 0 Å². The molecule has 1 aliphatic rings. The Morgan fingerprint density at radius 2 is 1.63 bits per heavy atom. The number of hydrogen-bond acceptors (Lipinski definition) is 6. The predicted octanol–water partition coefficient (Wildman–Crippen LogP) is 1.31. The molecule has 1 aliphatic heterocycles. The van der Waals surface area contributed by atoms with Gasteiger partial charge in [0.15, 0.2) is 0 Å². The number of amides is 3. The quantitative estimate of drug-likeness (QED) is 0.329. The lowest BCUT2D eigenvalue weighted by molar-refractivity contribution is -0.146. The van der Waals surface area contributed by atoms with E-state index in [-0.39, 0.29) is 30.2 Å². The van der Waals surface area contributed by atoms with Crippen molar-refractivity contribution in [1.29, 1.82) is 0 Å². The highest BCUT2D eigenvalue weighted by Crippen LogP contribution is 2.11. The first-order chi connectivity index (χ1) is 16.6. The third-order valence-electron chi connectivity index (χ3n) is 6.05. The molecule has 1 fully saturated rings. The molecule has 0 unspecified atom stereocenters. The van der Waals surface area contributed by atoms with Gasteiger partial charge in [0.1, 0.15) is 18.1 Å². The van der Waals surface area contributed by atoms with Crippen LogP contribution in [0.3, 0.4) is 0 Å². The van der Waals surface area contributed by atoms with Crippen molar-refractivity contribution in [2.24, 2.45) is 11.8 Å². The Kier molecular flexibility index (Phi) is 11.2. The van der Waals surface area contributed by atoms with Crippen LogP contribution in [0.1, 0.15) is 52.5 Å². The molecule has 9 heteroatoms. The highest BCUT2D eigenvalue weighted by atomic mass is 16.5. The van der Waals surface area contributed by atoms with E-state index < -0.39 is 35.9 Å². The molecule has 1 aromatic carbocycles. The van der Waals surface area contributed by atoms with Gasteiger partial charge < -0.3 is 26.0 Å². The summed E-state index contributed by atoms with van der Waals surface area (Å²) in [6, 6.07) is 6.44. The van der Waals surface area contributed by atoms with Crippen molar-refractivity contribution in [3.63, 3.8) is 0 Å². The van der Waals surface area contributed by atoms with Crippen LogP contribution in [0.2, 0.25) is 0 Å². The van der Waals surface area contributed by atoms with E-state index in [0.717, 1.165) is 24.9 Å². The van der Waals surface area contributed by atoms with Crippen molar-refractivity contribution >= 4 is 23.7 Å². The Labute approximate surface area is 208 Å². The number of methoxy groups -OCH3 is 1. The lowest BCUT2D eigenvalue weighted by atomic mass is 9.99. The number of hydrogen-bond donors (Lipinski definition) is 4. The van der Waals surface area contributed by atoms with Gasteiger partial charge in [-0.3, -0.25) is 14.4 Å². The fraction of sp³-hybridized carbons (Fsp3) is 0.615. The van der Waals surface area contributed by atoms with E-state index >= 15 is 0 Å². The second-order valence-corrected chi connectivity index (χ2v) is 9.84. The van der Waals surface area contributed by atoms with E-state index in [1.165, 1.54) is 7.11 Å². The van der Waals surface area contributed by atoms with E-state index in [0.29, 0.717) is 6.42 Å². The van der Waals surface area contributed by atoms with Gasteiger partial charge in [-0.25, -0.2) is 4.79 Å². The van der Waals surface area contributed by atoms with Crippen LogP contribution in [0.25, 0.3) is 0 Å². The third kappa shape index (κ3) is 8.98. The summed E-state index contributed by atoms with van der Waals surface area (Å²) in [6.07, 6.45) is 2.30. The average molecular weight is 489 g/mol. The summed E-state index contributed by atoms with van der Waals surface area (Å²) >= 11 is 0. The molecule has 9 nitrogen and oxygen atoms in total. The first-order valence-corrected chi connectivity index (χ1v) is 12.4. The third-order valence-corrected chi connectivity index (χ3v) is 6.05. The predicted molar refractivity (Wildman–Crippen MR) is 133 cm³/mol. The van der Waals surface area contributed by atoms with E-state index in [2.05, 4.69) is 21.3 Å². The fourth-order valence-corrected chi connectivity index (χ4v) is 4.09. The maximum Gasteiger partial charge on any atom is 0.328 e. The Bertz CT molecular complexity index is 853. The Balaban J connectivity index is 2.21. The molecule has 1 aromatic rings. The fourth-order valence-electron chi connectivity index (χ4n) is 4.09. The van der Waals surface area contributed by atoms with Crippen LogP contribution in [0.15, 0.2) is 30.3 Å². The number of carbonyl (C=O) groups is 4. The Hall–Kier alpha value is -2.94. The van der Waals surface area contributed by atoms with Crippen molar-refractivity contribution in [2.75, 3.05) is 13.7 Å². The number of benzene rings is 1. The summed E-state index contributed by atoms with van der Waals surface area (Å²) in [5, 5.41) is 11.6. The lowest BCUT2D eigenvalue weighted by Gasteiger charge is -2.27. The molecule has 4 atom stereocenters. The van der Waals surface area contributed by atoms with Crippen molar-refractivity contribution in [1.82, 2.24) is 21.3 Å². The number of esters is 1. The van der Waals surface area contributed by atoms with Crippen molar-refractivity contribution in [2.45, 2.75) is 77.5 Å². The first kappa shape index (κ1) is 28.3.